The number of carbonyl (C=O) groups is 2. The standard InChI is InChI=1S/C22H37N2O5P/c1-4-7-8-9-10-11-12-20(21(23)25)24-22(26)19-15-13-18(14-16-19)17-30(27,28-5-2)29-6-3/h13-16,20H,4-12,17H2,1-3H3,(H2,23,25)(H,24,26)/t20-/m0/s1. The van der Waals surface area contributed by atoms with E-state index in [2.05, 4.69) is 12.2 Å². The van der Waals surface area contributed by atoms with Crippen molar-refractivity contribution in [3.05, 3.63) is 35.4 Å². The molecule has 0 aliphatic rings. The Labute approximate surface area is 180 Å². The number of hydrogen-bond acceptors (Lipinski definition) is 5. The van der Waals surface area contributed by atoms with E-state index in [0.717, 1.165) is 24.8 Å². The Morgan fingerprint density at radius 1 is 0.967 bits per heavy atom. The summed E-state index contributed by atoms with van der Waals surface area (Å²) in [4.78, 5) is 24.2. The molecule has 2 amide bonds. The van der Waals surface area contributed by atoms with Gasteiger partial charge in [-0.15, -0.1) is 0 Å². The van der Waals surface area contributed by atoms with Gasteiger partial charge in [0.25, 0.3) is 5.91 Å². The quantitative estimate of drug-likeness (QED) is 0.284. The summed E-state index contributed by atoms with van der Waals surface area (Å²) in [5.74, 6) is -0.878. The van der Waals surface area contributed by atoms with E-state index >= 15 is 0 Å². The van der Waals surface area contributed by atoms with Gasteiger partial charge in [0.15, 0.2) is 0 Å². The van der Waals surface area contributed by atoms with Crippen molar-refractivity contribution in [3.63, 3.8) is 0 Å². The van der Waals surface area contributed by atoms with Gasteiger partial charge < -0.3 is 20.1 Å². The van der Waals surface area contributed by atoms with Crippen molar-refractivity contribution >= 4 is 19.4 Å². The van der Waals surface area contributed by atoms with Crippen LogP contribution in [0.15, 0.2) is 24.3 Å². The van der Waals surface area contributed by atoms with Gasteiger partial charge in [0.2, 0.25) is 5.91 Å². The lowest BCUT2D eigenvalue weighted by molar-refractivity contribution is -0.120. The highest BCUT2D eigenvalue weighted by atomic mass is 31.2. The van der Waals surface area contributed by atoms with Crippen LogP contribution in [0.5, 0.6) is 0 Å². The molecule has 1 rings (SSSR count). The van der Waals surface area contributed by atoms with Gasteiger partial charge in [-0.1, -0.05) is 57.6 Å². The molecule has 0 heterocycles. The molecule has 170 valence electrons. The fourth-order valence-corrected chi connectivity index (χ4v) is 4.86. The summed E-state index contributed by atoms with van der Waals surface area (Å²) in [7, 11) is -3.20. The third-order valence-corrected chi connectivity index (χ3v) is 6.79. The normalized spacial score (nSPS) is 12.5. The van der Waals surface area contributed by atoms with Gasteiger partial charge in [-0.25, -0.2) is 0 Å². The van der Waals surface area contributed by atoms with Crippen LogP contribution < -0.4 is 11.1 Å². The first-order chi connectivity index (χ1) is 14.3. The zero-order valence-electron chi connectivity index (χ0n) is 18.5. The van der Waals surface area contributed by atoms with Crippen molar-refractivity contribution < 1.29 is 23.2 Å². The van der Waals surface area contributed by atoms with Crippen LogP contribution in [0.25, 0.3) is 0 Å². The third-order valence-electron chi connectivity index (χ3n) is 4.74. The maximum Gasteiger partial charge on any atom is 0.335 e. The van der Waals surface area contributed by atoms with Crippen molar-refractivity contribution in [1.82, 2.24) is 5.32 Å². The number of amides is 2. The van der Waals surface area contributed by atoms with Gasteiger partial charge in [-0.05, 0) is 38.0 Å². The first kappa shape index (κ1) is 26.3. The molecule has 7 nitrogen and oxygen atoms in total. The van der Waals surface area contributed by atoms with Crippen LogP contribution in [0.2, 0.25) is 0 Å². The molecule has 1 aromatic rings. The van der Waals surface area contributed by atoms with Gasteiger partial charge >= 0.3 is 7.60 Å². The summed E-state index contributed by atoms with van der Waals surface area (Å²) in [6, 6.07) is 6.02. The van der Waals surface area contributed by atoms with Crippen LogP contribution in [0.3, 0.4) is 0 Å². The highest BCUT2D eigenvalue weighted by Crippen LogP contribution is 2.51. The minimum Gasteiger partial charge on any atom is -0.368 e. The zero-order chi connectivity index (χ0) is 22.4. The Hall–Kier alpha value is -1.69. The van der Waals surface area contributed by atoms with E-state index in [-0.39, 0.29) is 12.1 Å². The van der Waals surface area contributed by atoms with Crippen LogP contribution >= 0.6 is 7.60 Å². The molecule has 0 saturated heterocycles. The highest BCUT2D eigenvalue weighted by Gasteiger charge is 2.24. The summed E-state index contributed by atoms with van der Waals surface area (Å²) in [6.07, 6.45) is 7.27. The molecule has 1 atom stereocenters. The molecule has 3 N–H and O–H groups in total. The number of unbranched alkanes of at least 4 members (excludes halogenated alkanes) is 5. The van der Waals surface area contributed by atoms with E-state index in [1.54, 1.807) is 38.1 Å². The van der Waals surface area contributed by atoms with Gasteiger partial charge in [0.1, 0.15) is 6.04 Å². The van der Waals surface area contributed by atoms with Crippen LogP contribution in [0.4, 0.5) is 0 Å². The van der Waals surface area contributed by atoms with Crippen molar-refractivity contribution in [1.29, 1.82) is 0 Å². The third kappa shape index (κ3) is 9.88. The Morgan fingerprint density at radius 3 is 2.07 bits per heavy atom. The number of rotatable bonds is 16. The van der Waals surface area contributed by atoms with Crippen molar-refractivity contribution in [2.45, 2.75) is 77.9 Å². The molecule has 0 aliphatic heterocycles. The number of benzene rings is 1. The Bertz CT molecular complexity index is 683. The molecule has 0 saturated carbocycles. The van der Waals surface area contributed by atoms with E-state index < -0.39 is 19.5 Å². The SMILES string of the molecule is CCCCCCCC[C@H](NC(=O)c1ccc(CP(=O)(OCC)OCC)cc1)C(N)=O. The van der Waals surface area contributed by atoms with Gasteiger partial charge in [-0.3, -0.25) is 14.2 Å². The topological polar surface area (TPSA) is 108 Å². The monoisotopic (exact) mass is 440 g/mol. The summed E-state index contributed by atoms with van der Waals surface area (Å²) < 4.78 is 23.2. The summed E-state index contributed by atoms with van der Waals surface area (Å²) in [6.45, 7) is 6.29. The van der Waals surface area contributed by atoms with Crippen molar-refractivity contribution in [2.24, 2.45) is 5.73 Å². The Kier molecular flexibility index (Phi) is 12.6. The summed E-state index contributed by atoms with van der Waals surface area (Å²) in [5.41, 5.74) is 6.62. The Morgan fingerprint density at radius 2 is 1.53 bits per heavy atom. The van der Waals surface area contributed by atoms with Crippen LogP contribution in [-0.2, 0) is 24.6 Å². The molecule has 0 fully saturated rings. The number of carbonyl (C=O) groups excluding carboxylic acids is 2. The van der Waals surface area contributed by atoms with Gasteiger partial charge in [0.05, 0.1) is 19.4 Å². The second-order valence-electron chi connectivity index (χ2n) is 7.29. The molecule has 1 aromatic carbocycles. The minimum absolute atomic E-state index is 0.137. The van der Waals surface area contributed by atoms with E-state index in [9.17, 15) is 14.2 Å². The molecule has 0 aliphatic carbocycles. The molecule has 30 heavy (non-hydrogen) atoms. The minimum atomic E-state index is -3.20. The van der Waals surface area contributed by atoms with Gasteiger partial charge in [-0.2, -0.15) is 0 Å². The van der Waals surface area contributed by atoms with Crippen molar-refractivity contribution in [2.75, 3.05) is 13.2 Å². The number of nitrogens with one attached hydrogen (secondary N) is 1. The average molecular weight is 441 g/mol. The maximum atomic E-state index is 12.6. The van der Waals surface area contributed by atoms with Gasteiger partial charge in [0, 0.05) is 5.56 Å². The highest BCUT2D eigenvalue weighted by molar-refractivity contribution is 7.53. The number of primary amides is 1. The first-order valence-corrected chi connectivity index (χ1v) is 12.6. The molecule has 0 aromatic heterocycles. The molecular formula is C22H37N2O5P. The van der Waals surface area contributed by atoms with E-state index in [0.29, 0.717) is 25.2 Å². The second-order valence-corrected chi connectivity index (χ2v) is 9.34. The molecule has 8 heteroatoms. The average Bonchev–Trinajstić information content (AvgIpc) is 2.70. The maximum absolute atomic E-state index is 12.6. The van der Waals surface area contributed by atoms with Crippen LogP contribution in [-0.4, -0.2) is 31.1 Å². The van der Waals surface area contributed by atoms with E-state index in [1.807, 2.05) is 0 Å². The summed E-state index contributed by atoms with van der Waals surface area (Å²) in [5, 5.41) is 2.73. The smallest absolute Gasteiger partial charge is 0.335 e. The molecule has 0 bridgehead atoms. The van der Waals surface area contributed by atoms with Crippen LogP contribution in [0.1, 0.15) is 81.6 Å². The lowest BCUT2D eigenvalue weighted by Gasteiger charge is -2.17. The second kappa shape index (κ2) is 14.3. The molecular weight excluding hydrogens is 403 g/mol. The fraction of sp³-hybridized carbons (Fsp3) is 0.636. The lowest BCUT2D eigenvalue weighted by Crippen LogP contribution is -2.44. The number of nitrogens with two attached hydrogens (primary N) is 1. The largest absolute Gasteiger partial charge is 0.368 e. The molecule has 0 spiro atoms. The lowest BCUT2D eigenvalue weighted by atomic mass is 10.0. The predicted octanol–water partition coefficient (Wildman–Crippen LogP) is 4.79. The Balaban J connectivity index is 2.62. The van der Waals surface area contributed by atoms with Crippen molar-refractivity contribution in [3.8, 4) is 0 Å². The molecule has 0 unspecified atom stereocenters. The predicted molar refractivity (Wildman–Crippen MR) is 119 cm³/mol. The van der Waals surface area contributed by atoms with E-state index in [4.69, 9.17) is 14.8 Å². The van der Waals surface area contributed by atoms with E-state index in [1.165, 1.54) is 19.3 Å². The summed E-state index contributed by atoms with van der Waals surface area (Å²) >= 11 is 0. The van der Waals surface area contributed by atoms with Crippen LogP contribution in [0, 0.1) is 0 Å². The fourth-order valence-electron chi connectivity index (χ4n) is 3.16. The molecule has 0 radical (unpaired) electrons. The number of hydrogen-bond donors (Lipinski definition) is 2. The first-order valence-electron chi connectivity index (χ1n) is 10.9. The zero-order valence-corrected chi connectivity index (χ0v) is 19.4.